The summed E-state index contributed by atoms with van der Waals surface area (Å²) in [7, 11) is 4.59. The molecule has 24 heavy (non-hydrogen) atoms. The van der Waals surface area contributed by atoms with E-state index in [9.17, 15) is 4.79 Å². The number of rotatable bonds is 5. The first-order valence-corrected chi connectivity index (χ1v) is 7.92. The molecule has 0 spiro atoms. The second kappa shape index (κ2) is 6.81. The molecular weight excluding hydrogens is 326 g/mol. The summed E-state index contributed by atoms with van der Waals surface area (Å²) in [5.74, 6) is 1.20. The second-order valence-corrected chi connectivity index (χ2v) is 6.05. The van der Waals surface area contributed by atoms with Crippen molar-refractivity contribution in [3.8, 4) is 17.2 Å². The lowest BCUT2D eigenvalue weighted by molar-refractivity contribution is 0.103. The number of nitrogens with zero attached hydrogens (tertiary/aromatic N) is 1. The molecule has 0 bridgehead atoms. The van der Waals surface area contributed by atoms with E-state index >= 15 is 0 Å². The molecule has 2 rings (SSSR count). The van der Waals surface area contributed by atoms with Crippen LogP contribution in [0.15, 0.2) is 6.07 Å². The third-order valence-corrected chi connectivity index (χ3v) is 5.00. The van der Waals surface area contributed by atoms with Crippen molar-refractivity contribution in [3.05, 3.63) is 39.7 Å². The van der Waals surface area contributed by atoms with Crippen LogP contribution < -0.4 is 14.2 Å². The highest BCUT2D eigenvalue weighted by Gasteiger charge is 2.28. The van der Waals surface area contributed by atoms with E-state index in [1.165, 1.54) is 14.2 Å². The third kappa shape index (κ3) is 2.65. The summed E-state index contributed by atoms with van der Waals surface area (Å²) < 4.78 is 18.0. The topological polar surface area (TPSA) is 49.7 Å². The second-order valence-electron chi connectivity index (χ2n) is 5.65. The highest BCUT2D eigenvalue weighted by Crippen LogP contribution is 2.43. The molecule has 1 aromatic heterocycles. The van der Waals surface area contributed by atoms with Crippen LogP contribution in [-0.4, -0.2) is 31.1 Å². The number of benzene rings is 1. The van der Waals surface area contributed by atoms with Crippen molar-refractivity contribution >= 4 is 18.6 Å². The quantitative estimate of drug-likeness (QED) is 0.661. The van der Waals surface area contributed by atoms with Crippen LogP contribution in [0.5, 0.6) is 17.2 Å². The summed E-state index contributed by atoms with van der Waals surface area (Å²) in [6.45, 7) is 7.59. The zero-order valence-electron chi connectivity index (χ0n) is 15.1. The maximum atomic E-state index is 13.3. The molecule has 0 amide bonds. The molecule has 0 aliphatic heterocycles. The monoisotopic (exact) mass is 349 g/mol. The fraction of sp³-hybridized carbons (Fsp3) is 0.389. The summed E-state index contributed by atoms with van der Waals surface area (Å²) in [4.78, 5) is 13.3. The minimum absolute atomic E-state index is 0.115. The molecule has 1 aromatic carbocycles. The summed E-state index contributed by atoms with van der Waals surface area (Å²) in [5, 5.41) is 0. The van der Waals surface area contributed by atoms with Crippen molar-refractivity contribution in [2.45, 2.75) is 27.7 Å². The molecule has 0 radical (unpaired) electrons. The van der Waals surface area contributed by atoms with E-state index < -0.39 is 0 Å². The van der Waals surface area contributed by atoms with E-state index in [-0.39, 0.29) is 5.78 Å². The number of aromatic nitrogens is 1. The molecule has 1 heterocycles. The molecule has 130 valence electrons. The number of carbonyl (C=O) groups is 1. The van der Waals surface area contributed by atoms with Crippen LogP contribution in [0.4, 0.5) is 0 Å². The van der Waals surface area contributed by atoms with Gasteiger partial charge in [-0.3, -0.25) is 8.77 Å². The van der Waals surface area contributed by atoms with Gasteiger partial charge < -0.3 is 14.2 Å². The van der Waals surface area contributed by atoms with Crippen LogP contribution in [-0.2, 0) is 0 Å². The van der Waals surface area contributed by atoms with Gasteiger partial charge in [-0.05, 0) is 44.9 Å². The first-order chi connectivity index (χ1) is 11.3. The zero-order valence-corrected chi connectivity index (χ0v) is 16.0. The van der Waals surface area contributed by atoms with Crippen LogP contribution in [0.3, 0.4) is 0 Å². The van der Waals surface area contributed by atoms with Gasteiger partial charge in [0, 0.05) is 17.0 Å². The van der Waals surface area contributed by atoms with Crippen LogP contribution in [0, 0.1) is 27.7 Å². The van der Waals surface area contributed by atoms with E-state index in [2.05, 4.69) is 12.8 Å². The van der Waals surface area contributed by atoms with Gasteiger partial charge in [-0.25, -0.2) is 0 Å². The summed E-state index contributed by atoms with van der Waals surface area (Å²) in [6.07, 6.45) is 0. The molecule has 0 N–H and O–H groups in total. The zero-order chi connectivity index (χ0) is 18.2. The Morgan fingerprint density at radius 2 is 1.50 bits per heavy atom. The molecule has 0 saturated heterocycles. The van der Waals surface area contributed by atoms with Crippen molar-refractivity contribution < 1.29 is 19.0 Å². The number of ether oxygens (including phenoxy) is 3. The Bertz CT molecular complexity index is 783. The molecule has 0 atom stereocenters. The van der Waals surface area contributed by atoms with Crippen molar-refractivity contribution in [1.29, 1.82) is 0 Å². The Morgan fingerprint density at radius 1 is 0.917 bits per heavy atom. The minimum Gasteiger partial charge on any atom is -0.493 e. The van der Waals surface area contributed by atoms with Crippen molar-refractivity contribution in [2.75, 3.05) is 21.3 Å². The number of thiol groups is 1. The molecular formula is C18H23NO4S. The molecule has 0 fully saturated rings. The van der Waals surface area contributed by atoms with Crippen molar-refractivity contribution in [3.63, 3.8) is 0 Å². The van der Waals surface area contributed by atoms with Crippen LogP contribution in [0.1, 0.15) is 38.4 Å². The summed E-state index contributed by atoms with van der Waals surface area (Å²) >= 11 is 4.44. The largest absolute Gasteiger partial charge is 0.493 e. The van der Waals surface area contributed by atoms with E-state index in [0.29, 0.717) is 28.4 Å². The lowest BCUT2D eigenvalue weighted by Crippen LogP contribution is -2.10. The Labute approximate surface area is 148 Å². The van der Waals surface area contributed by atoms with Gasteiger partial charge in [0.05, 0.1) is 26.9 Å². The number of aryl methyl sites for hydroxylation is 1. The number of methoxy groups -OCH3 is 3. The third-order valence-electron chi connectivity index (χ3n) is 4.40. The Hall–Kier alpha value is -2.08. The van der Waals surface area contributed by atoms with Gasteiger partial charge >= 0.3 is 0 Å². The van der Waals surface area contributed by atoms with Crippen LogP contribution >= 0.6 is 12.8 Å². The smallest absolute Gasteiger partial charge is 0.204 e. The first kappa shape index (κ1) is 18.3. The molecule has 5 nitrogen and oxygen atoms in total. The van der Waals surface area contributed by atoms with Gasteiger partial charge in [-0.1, -0.05) is 12.8 Å². The maximum Gasteiger partial charge on any atom is 0.204 e. The lowest BCUT2D eigenvalue weighted by Gasteiger charge is -2.18. The number of hydrogen-bond acceptors (Lipinski definition) is 5. The van der Waals surface area contributed by atoms with E-state index in [1.807, 2.05) is 27.7 Å². The van der Waals surface area contributed by atoms with Crippen molar-refractivity contribution in [1.82, 2.24) is 3.97 Å². The molecule has 0 aliphatic rings. The first-order valence-electron chi connectivity index (χ1n) is 7.52. The predicted molar refractivity (Wildman–Crippen MR) is 97.3 cm³/mol. The van der Waals surface area contributed by atoms with Gasteiger partial charge in [0.15, 0.2) is 17.3 Å². The fourth-order valence-electron chi connectivity index (χ4n) is 2.99. The molecule has 0 unspecified atom stereocenters. The Kier molecular flexibility index (Phi) is 5.18. The Balaban J connectivity index is 2.78. The van der Waals surface area contributed by atoms with Gasteiger partial charge in [-0.2, -0.15) is 0 Å². The maximum absolute atomic E-state index is 13.3. The molecule has 0 aliphatic carbocycles. The van der Waals surface area contributed by atoms with E-state index in [4.69, 9.17) is 14.2 Å². The highest BCUT2D eigenvalue weighted by atomic mass is 32.1. The molecule has 2 aromatic rings. The van der Waals surface area contributed by atoms with Crippen LogP contribution in [0.2, 0.25) is 0 Å². The van der Waals surface area contributed by atoms with Gasteiger partial charge in [0.2, 0.25) is 5.75 Å². The summed E-state index contributed by atoms with van der Waals surface area (Å²) in [6, 6.07) is 1.78. The SMILES string of the molecule is COc1cc(C)c(C(=O)c2c(C)c(C)n(S)c2C)c(OC)c1OC. The highest BCUT2D eigenvalue weighted by molar-refractivity contribution is 7.78. The van der Waals surface area contributed by atoms with Gasteiger partial charge in [0.25, 0.3) is 0 Å². The average molecular weight is 349 g/mol. The average Bonchev–Trinajstić information content (AvgIpc) is 2.76. The normalized spacial score (nSPS) is 10.7. The Morgan fingerprint density at radius 3 is 1.92 bits per heavy atom. The van der Waals surface area contributed by atoms with E-state index in [1.54, 1.807) is 17.1 Å². The van der Waals surface area contributed by atoms with Crippen LogP contribution in [0.25, 0.3) is 0 Å². The lowest BCUT2D eigenvalue weighted by atomic mass is 9.95. The summed E-state index contributed by atoms with van der Waals surface area (Å²) in [5.41, 5.74) is 4.52. The molecule has 6 heteroatoms. The number of ketones is 1. The van der Waals surface area contributed by atoms with Gasteiger partial charge in [0.1, 0.15) is 0 Å². The van der Waals surface area contributed by atoms with E-state index in [0.717, 1.165) is 22.5 Å². The standard InChI is InChI=1S/C18H23NO4S/c1-9-8-13(21-5)17(22-6)18(23-7)14(9)16(20)15-10(2)11(3)19(24)12(15)4/h8,24H,1-7H3. The number of hydrogen-bond donors (Lipinski definition) is 1. The number of carbonyl (C=O) groups excluding carboxylic acids is 1. The predicted octanol–water partition coefficient (Wildman–Crippen LogP) is 3.67. The minimum atomic E-state index is -0.115. The fourth-order valence-corrected chi connectivity index (χ4v) is 3.24. The molecule has 0 saturated carbocycles. The van der Waals surface area contributed by atoms with Crippen molar-refractivity contribution in [2.24, 2.45) is 0 Å². The van der Waals surface area contributed by atoms with Gasteiger partial charge in [-0.15, -0.1) is 0 Å².